The number of ether oxygens (including phenoxy) is 1. The van der Waals surface area contributed by atoms with Gasteiger partial charge >= 0.3 is 0 Å². The van der Waals surface area contributed by atoms with E-state index in [0.717, 1.165) is 18.8 Å². The highest BCUT2D eigenvalue weighted by atomic mass is 16.5. The predicted octanol–water partition coefficient (Wildman–Crippen LogP) is 3.52. The van der Waals surface area contributed by atoms with Crippen LogP contribution in [-0.2, 0) is 0 Å². The molecule has 0 radical (unpaired) electrons. The molecule has 0 unspecified atom stereocenters. The van der Waals surface area contributed by atoms with Crippen molar-refractivity contribution in [2.45, 2.75) is 32.6 Å². The standard InChI is InChI=1S/C13H17NO/c1-2-3-4-5-9-15-13-8-6-7-12(10-13)11-14/h6-8,10H,2-5,9H2,1H3. The number of hydrogen-bond donors (Lipinski definition) is 0. The van der Waals surface area contributed by atoms with Gasteiger partial charge in [-0.1, -0.05) is 32.3 Å². The van der Waals surface area contributed by atoms with Crippen molar-refractivity contribution >= 4 is 0 Å². The van der Waals surface area contributed by atoms with Gasteiger partial charge in [-0.05, 0) is 24.6 Å². The van der Waals surface area contributed by atoms with Gasteiger partial charge in [0.1, 0.15) is 5.75 Å². The van der Waals surface area contributed by atoms with Crippen LogP contribution in [0, 0.1) is 11.3 Å². The van der Waals surface area contributed by atoms with Crippen LogP contribution in [0.4, 0.5) is 0 Å². The minimum absolute atomic E-state index is 0.654. The summed E-state index contributed by atoms with van der Waals surface area (Å²) in [6.45, 7) is 2.94. The minimum atomic E-state index is 0.654. The maximum absolute atomic E-state index is 8.70. The van der Waals surface area contributed by atoms with Crippen LogP contribution >= 0.6 is 0 Å². The Kier molecular flexibility index (Phi) is 5.32. The van der Waals surface area contributed by atoms with Crippen LogP contribution in [0.5, 0.6) is 5.75 Å². The Balaban J connectivity index is 2.28. The molecule has 2 heteroatoms. The van der Waals surface area contributed by atoms with Crippen LogP contribution in [0.15, 0.2) is 24.3 Å². The Morgan fingerprint density at radius 3 is 2.87 bits per heavy atom. The fraction of sp³-hybridized carbons (Fsp3) is 0.462. The largest absolute Gasteiger partial charge is 0.494 e. The number of rotatable bonds is 6. The van der Waals surface area contributed by atoms with Crippen molar-refractivity contribution in [1.82, 2.24) is 0 Å². The van der Waals surface area contributed by atoms with E-state index in [2.05, 4.69) is 13.0 Å². The Labute approximate surface area is 91.5 Å². The van der Waals surface area contributed by atoms with Gasteiger partial charge in [-0.3, -0.25) is 0 Å². The molecule has 0 atom stereocenters. The van der Waals surface area contributed by atoms with Crippen molar-refractivity contribution in [1.29, 1.82) is 5.26 Å². The highest BCUT2D eigenvalue weighted by Crippen LogP contribution is 2.13. The fourth-order valence-electron chi connectivity index (χ4n) is 1.37. The van der Waals surface area contributed by atoms with E-state index in [9.17, 15) is 0 Å². The zero-order chi connectivity index (χ0) is 10.9. The number of benzene rings is 1. The number of unbranched alkanes of at least 4 members (excludes halogenated alkanes) is 3. The minimum Gasteiger partial charge on any atom is -0.494 e. The molecule has 0 spiro atoms. The molecule has 1 rings (SSSR count). The van der Waals surface area contributed by atoms with Gasteiger partial charge in [0.15, 0.2) is 0 Å². The van der Waals surface area contributed by atoms with E-state index in [1.807, 2.05) is 12.1 Å². The van der Waals surface area contributed by atoms with Crippen molar-refractivity contribution in [2.75, 3.05) is 6.61 Å². The van der Waals surface area contributed by atoms with E-state index in [1.54, 1.807) is 12.1 Å². The summed E-state index contributed by atoms with van der Waals surface area (Å²) in [5.74, 6) is 0.797. The van der Waals surface area contributed by atoms with Crippen molar-refractivity contribution < 1.29 is 4.74 Å². The maximum Gasteiger partial charge on any atom is 0.120 e. The molecule has 0 saturated carbocycles. The van der Waals surface area contributed by atoms with Crippen molar-refractivity contribution in [3.63, 3.8) is 0 Å². The molecule has 1 aromatic carbocycles. The molecule has 0 aliphatic heterocycles. The molecule has 2 nitrogen and oxygen atoms in total. The third kappa shape index (κ3) is 4.51. The number of nitriles is 1. The lowest BCUT2D eigenvalue weighted by molar-refractivity contribution is 0.305. The summed E-state index contributed by atoms with van der Waals surface area (Å²) in [5, 5.41) is 8.70. The van der Waals surface area contributed by atoms with Crippen LogP contribution in [0.2, 0.25) is 0 Å². The lowest BCUT2D eigenvalue weighted by Gasteiger charge is -2.05. The van der Waals surface area contributed by atoms with Crippen LogP contribution in [0.1, 0.15) is 38.2 Å². The highest BCUT2D eigenvalue weighted by Gasteiger charge is 1.95. The molecule has 0 aliphatic rings. The van der Waals surface area contributed by atoms with Crippen LogP contribution in [0.25, 0.3) is 0 Å². The normalized spacial score (nSPS) is 9.60. The Hall–Kier alpha value is -1.49. The molecule has 80 valence electrons. The summed E-state index contributed by atoms with van der Waals surface area (Å²) in [6, 6.07) is 9.39. The lowest BCUT2D eigenvalue weighted by atomic mass is 10.2. The van der Waals surface area contributed by atoms with Gasteiger partial charge in [-0.2, -0.15) is 5.26 Å². The smallest absolute Gasteiger partial charge is 0.120 e. The Morgan fingerprint density at radius 2 is 2.13 bits per heavy atom. The quantitative estimate of drug-likeness (QED) is 0.663. The molecule has 0 aliphatic carbocycles. The summed E-state index contributed by atoms with van der Waals surface area (Å²) in [4.78, 5) is 0. The van der Waals surface area contributed by atoms with Gasteiger partial charge in [0.25, 0.3) is 0 Å². The van der Waals surface area contributed by atoms with E-state index in [1.165, 1.54) is 19.3 Å². The molecule has 1 aromatic rings. The van der Waals surface area contributed by atoms with Crippen molar-refractivity contribution in [2.24, 2.45) is 0 Å². The molecule has 15 heavy (non-hydrogen) atoms. The van der Waals surface area contributed by atoms with Gasteiger partial charge < -0.3 is 4.74 Å². The van der Waals surface area contributed by atoms with Crippen LogP contribution in [-0.4, -0.2) is 6.61 Å². The summed E-state index contributed by atoms with van der Waals surface area (Å²) < 4.78 is 5.54. The van der Waals surface area contributed by atoms with E-state index in [-0.39, 0.29) is 0 Å². The van der Waals surface area contributed by atoms with Crippen LogP contribution < -0.4 is 4.74 Å². The fourth-order valence-corrected chi connectivity index (χ4v) is 1.37. The number of hydrogen-bond acceptors (Lipinski definition) is 2. The second-order valence-corrected chi connectivity index (χ2v) is 3.55. The first-order valence-electron chi connectivity index (χ1n) is 5.49. The van der Waals surface area contributed by atoms with Crippen LogP contribution in [0.3, 0.4) is 0 Å². The molecule has 0 saturated heterocycles. The summed E-state index contributed by atoms with van der Waals surface area (Å²) in [7, 11) is 0. The lowest BCUT2D eigenvalue weighted by Crippen LogP contribution is -1.97. The molecule has 0 bridgehead atoms. The van der Waals surface area contributed by atoms with Gasteiger partial charge in [0.2, 0.25) is 0 Å². The molecule has 0 heterocycles. The van der Waals surface area contributed by atoms with E-state index < -0.39 is 0 Å². The Bertz CT molecular complexity index is 328. The third-order valence-corrected chi connectivity index (χ3v) is 2.23. The Morgan fingerprint density at radius 1 is 1.27 bits per heavy atom. The van der Waals surface area contributed by atoms with Crippen molar-refractivity contribution in [3.8, 4) is 11.8 Å². The second kappa shape index (κ2) is 6.89. The zero-order valence-corrected chi connectivity index (χ0v) is 9.20. The predicted molar refractivity (Wildman–Crippen MR) is 60.8 cm³/mol. The van der Waals surface area contributed by atoms with E-state index in [0.29, 0.717) is 5.56 Å². The average Bonchev–Trinajstić information content (AvgIpc) is 2.29. The topological polar surface area (TPSA) is 33.0 Å². The van der Waals surface area contributed by atoms with Crippen molar-refractivity contribution in [3.05, 3.63) is 29.8 Å². The van der Waals surface area contributed by atoms with Gasteiger partial charge in [0, 0.05) is 0 Å². The first kappa shape index (κ1) is 11.6. The molecule has 0 aromatic heterocycles. The number of nitrogens with zero attached hydrogens (tertiary/aromatic N) is 1. The maximum atomic E-state index is 8.70. The summed E-state index contributed by atoms with van der Waals surface area (Å²) >= 11 is 0. The molecule has 0 fully saturated rings. The molecular weight excluding hydrogens is 186 g/mol. The SMILES string of the molecule is CCCCCCOc1cccc(C#N)c1. The van der Waals surface area contributed by atoms with E-state index in [4.69, 9.17) is 10.00 Å². The van der Waals surface area contributed by atoms with E-state index >= 15 is 0 Å². The van der Waals surface area contributed by atoms with Gasteiger partial charge in [-0.15, -0.1) is 0 Å². The van der Waals surface area contributed by atoms with Gasteiger partial charge in [0.05, 0.1) is 18.2 Å². The summed E-state index contributed by atoms with van der Waals surface area (Å²) in [6.07, 6.45) is 4.81. The molecule has 0 N–H and O–H groups in total. The van der Waals surface area contributed by atoms with Gasteiger partial charge in [-0.25, -0.2) is 0 Å². The first-order chi connectivity index (χ1) is 7.36. The third-order valence-electron chi connectivity index (χ3n) is 2.23. The monoisotopic (exact) mass is 203 g/mol. The summed E-state index contributed by atoms with van der Waals surface area (Å²) in [5.41, 5.74) is 0.654. The molecular formula is C13H17NO. The first-order valence-corrected chi connectivity index (χ1v) is 5.49. The zero-order valence-electron chi connectivity index (χ0n) is 9.20. The highest BCUT2D eigenvalue weighted by molar-refractivity contribution is 5.36. The molecule has 0 amide bonds. The average molecular weight is 203 g/mol. The second-order valence-electron chi connectivity index (χ2n) is 3.55.